The van der Waals surface area contributed by atoms with Crippen LogP contribution in [0, 0.1) is 26.6 Å². The second kappa shape index (κ2) is 5.79. The SMILES string of the molecule is CCn1nc(C)c(-c2cc(C)c3c(F)c4c(cc3n2)NC(=O)CO4)c1C. The van der Waals surface area contributed by atoms with E-state index >= 15 is 0 Å². The van der Waals surface area contributed by atoms with Crippen molar-refractivity contribution >= 4 is 22.5 Å². The number of pyridine rings is 1. The standard InChI is InChI=1S/C19H19FN4O2/c1-5-24-11(4)17(10(3)23-24)12-6-9(2)16-13(21-12)7-14-19(18(16)20)26-8-15(25)22-14/h6-7H,5,8H2,1-4H3,(H,22,25). The van der Waals surface area contributed by atoms with Gasteiger partial charge in [0.1, 0.15) is 0 Å². The molecule has 134 valence electrons. The number of ether oxygens (including phenoxy) is 1. The van der Waals surface area contributed by atoms with Gasteiger partial charge in [-0.25, -0.2) is 9.37 Å². The van der Waals surface area contributed by atoms with Crippen LogP contribution in [0.1, 0.15) is 23.9 Å². The lowest BCUT2D eigenvalue weighted by atomic mass is 10.0. The Kier molecular flexibility index (Phi) is 3.68. The fraction of sp³-hybridized carbons (Fsp3) is 0.316. The quantitative estimate of drug-likeness (QED) is 0.765. The van der Waals surface area contributed by atoms with E-state index in [2.05, 4.69) is 15.4 Å². The highest BCUT2D eigenvalue weighted by Crippen LogP contribution is 2.38. The summed E-state index contributed by atoms with van der Waals surface area (Å²) in [6.07, 6.45) is 0. The van der Waals surface area contributed by atoms with Gasteiger partial charge in [-0.2, -0.15) is 5.10 Å². The van der Waals surface area contributed by atoms with Gasteiger partial charge >= 0.3 is 0 Å². The Morgan fingerprint density at radius 1 is 1.31 bits per heavy atom. The van der Waals surface area contributed by atoms with Crippen LogP contribution >= 0.6 is 0 Å². The summed E-state index contributed by atoms with van der Waals surface area (Å²) in [5.74, 6) is -0.729. The molecule has 0 unspecified atom stereocenters. The van der Waals surface area contributed by atoms with Crippen LogP contribution in [0.3, 0.4) is 0 Å². The number of rotatable bonds is 2. The third-order valence-electron chi connectivity index (χ3n) is 4.75. The number of hydrogen-bond donors (Lipinski definition) is 1. The number of fused-ring (bicyclic) bond motifs is 2. The van der Waals surface area contributed by atoms with Crippen LogP contribution in [-0.4, -0.2) is 27.3 Å². The summed E-state index contributed by atoms with van der Waals surface area (Å²) in [5, 5.41) is 7.59. The van der Waals surface area contributed by atoms with Gasteiger partial charge in [0.25, 0.3) is 5.91 Å². The van der Waals surface area contributed by atoms with Crippen molar-refractivity contribution in [3.05, 3.63) is 34.9 Å². The van der Waals surface area contributed by atoms with E-state index in [4.69, 9.17) is 4.74 Å². The first-order valence-corrected chi connectivity index (χ1v) is 8.51. The second-order valence-electron chi connectivity index (χ2n) is 6.48. The Morgan fingerprint density at radius 2 is 2.08 bits per heavy atom. The van der Waals surface area contributed by atoms with Crippen molar-refractivity contribution in [3.8, 4) is 17.0 Å². The molecule has 2 aromatic heterocycles. The third kappa shape index (κ3) is 2.34. The largest absolute Gasteiger partial charge is 0.478 e. The first-order chi connectivity index (χ1) is 12.4. The number of halogens is 1. The van der Waals surface area contributed by atoms with Gasteiger partial charge in [0, 0.05) is 23.2 Å². The van der Waals surface area contributed by atoms with Crippen molar-refractivity contribution in [1.29, 1.82) is 0 Å². The van der Waals surface area contributed by atoms with Crippen molar-refractivity contribution < 1.29 is 13.9 Å². The number of amides is 1. The minimum absolute atomic E-state index is 0.0703. The summed E-state index contributed by atoms with van der Waals surface area (Å²) in [6.45, 7) is 8.41. The van der Waals surface area contributed by atoms with Gasteiger partial charge < -0.3 is 10.1 Å². The molecule has 3 aromatic rings. The summed E-state index contributed by atoms with van der Waals surface area (Å²) < 4.78 is 22.2. The van der Waals surface area contributed by atoms with E-state index in [0.717, 1.165) is 34.8 Å². The lowest BCUT2D eigenvalue weighted by Crippen LogP contribution is -2.26. The van der Waals surface area contributed by atoms with Crippen LogP contribution in [0.2, 0.25) is 0 Å². The van der Waals surface area contributed by atoms with Crippen molar-refractivity contribution in [2.45, 2.75) is 34.2 Å². The Hall–Kier alpha value is -2.96. The minimum atomic E-state index is -0.494. The summed E-state index contributed by atoms with van der Waals surface area (Å²) in [5.41, 5.74) is 5.14. The normalized spacial score (nSPS) is 13.5. The van der Waals surface area contributed by atoms with Crippen LogP contribution in [-0.2, 0) is 11.3 Å². The molecule has 0 radical (unpaired) electrons. The van der Waals surface area contributed by atoms with E-state index in [9.17, 15) is 9.18 Å². The zero-order valence-electron chi connectivity index (χ0n) is 15.1. The topological polar surface area (TPSA) is 69.0 Å². The van der Waals surface area contributed by atoms with E-state index in [1.165, 1.54) is 0 Å². The molecule has 1 amide bonds. The molecule has 0 saturated heterocycles. The third-order valence-corrected chi connectivity index (χ3v) is 4.75. The molecule has 0 saturated carbocycles. The number of aromatic nitrogens is 3. The van der Waals surface area contributed by atoms with Gasteiger partial charge in [-0.15, -0.1) is 0 Å². The summed E-state index contributed by atoms with van der Waals surface area (Å²) in [4.78, 5) is 16.2. The van der Waals surface area contributed by atoms with Gasteiger partial charge in [0.2, 0.25) is 0 Å². The average molecular weight is 354 g/mol. The number of anilines is 1. The number of carbonyl (C=O) groups is 1. The van der Waals surface area contributed by atoms with Crippen molar-refractivity contribution in [2.24, 2.45) is 0 Å². The Balaban J connectivity index is 1.98. The highest BCUT2D eigenvalue weighted by Gasteiger charge is 2.24. The lowest BCUT2D eigenvalue weighted by Gasteiger charge is -2.20. The molecule has 0 bridgehead atoms. The number of hydrogen-bond acceptors (Lipinski definition) is 4. The maximum absolute atomic E-state index is 15.0. The molecule has 7 heteroatoms. The Labute approximate surface area is 150 Å². The molecule has 3 heterocycles. The number of nitrogens with zero attached hydrogens (tertiary/aromatic N) is 3. The monoisotopic (exact) mass is 354 g/mol. The molecule has 1 N–H and O–H groups in total. The Bertz CT molecular complexity index is 1070. The Morgan fingerprint density at radius 3 is 2.77 bits per heavy atom. The van der Waals surface area contributed by atoms with Gasteiger partial charge in [-0.1, -0.05) is 0 Å². The van der Waals surface area contributed by atoms with Gasteiger partial charge in [0.15, 0.2) is 18.2 Å². The van der Waals surface area contributed by atoms with Crippen LogP contribution < -0.4 is 10.1 Å². The molecular formula is C19H19FN4O2. The van der Waals surface area contributed by atoms with Gasteiger partial charge in [0.05, 0.1) is 22.6 Å². The molecule has 1 aliphatic rings. The molecule has 1 aromatic carbocycles. The van der Waals surface area contributed by atoms with Gasteiger partial charge in [-0.3, -0.25) is 9.48 Å². The van der Waals surface area contributed by atoms with E-state index in [1.54, 1.807) is 6.07 Å². The average Bonchev–Trinajstić information content (AvgIpc) is 2.87. The van der Waals surface area contributed by atoms with Crippen LogP contribution in [0.4, 0.5) is 10.1 Å². The second-order valence-corrected chi connectivity index (χ2v) is 6.48. The lowest BCUT2D eigenvalue weighted by molar-refractivity contribution is -0.118. The predicted molar refractivity (Wildman–Crippen MR) is 96.9 cm³/mol. The maximum atomic E-state index is 15.0. The molecule has 6 nitrogen and oxygen atoms in total. The number of aryl methyl sites for hydroxylation is 3. The molecule has 1 aliphatic heterocycles. The first-order valence-electron chi connectivity index (χ1n) is 8.51. The molecule has 0 fully saturated rings. The molecular weight excluding hydrogens is 335 g/mol. The number of nitrogens with one attached hydrogen (secondary N) is 1. The summed E-state index contributed by atoms with van der Waals surface area (Å²) >= 11 is 0. The fourth-order valence-corrected chi connectivity index (χ4v) is 3.58. The number of benzene rings is 1. The highest BCUT2D eigenvalue weighted by atomic mass is 19.1. The molecule has 0 spiro atoms. The summed E-state index contributed by atoms with van der Waals surface area (Å²) in [7, 11) is 0. The maximum Gasteiger partial charge on any atom is 0.262 e. The van der Waals surface area contributed by atoms with Crippen molar-refractivity contribution in [3.63, 3.8) is 0 Å². The van der Waals surface area contributed by atoms with Gasteiger partial charge in [-0.05, 0) is 45.4 Å². The first kappa shape index (κ1) is 16.5. The zero-order valence-corrected chi connectivity index (χ0v) is 15.1. The zero-order chi connectivity index (χ0) is 18.6. The van der Waals surface area contributed by atoms with Crippen molar-refractivity contribution in [1.82, 2.24) is 14.8 Å². The fourth-order valence-electron chi connectivity index (χ4n) is 3.58. The molecule has 0 atom stereocenters. The predicted octanol–water partition coefficient (Wildman–Crippen LogP) is 3.51. The number of carbonyl (C=O) groups excluding carboxylic acids is 1. The van der Waals surface area contributed by atoms with E-state index < -0.39 is 5.82 Å². The summed E-state index contributed by atoms with van der Waals surface area (Å²) in [6, 6.07) is 3.53. The van der Waals surface area contributed by atoms with Crippen molar-refractivity contribution in [2.75, 3.05) is 11.9 Å². The minimum Gasteiger partial charge on any atom is -0.478 e. The van der Waals surface area contributed by atoms with E-state index in [-0.39, 0.29) is 18.3 Å². The molecule has 26 heavy (non-hydrogen) atoms. The van der Waals surface area contributed by atoms with Crippen LogP contribution in [0.5, 0.6) is 5.75 Å². The molecule has 0 aliphatic carbocycles. The van der Waals surface area contributed by atoms with Crippen LogP contribution in [0.25, 0.3) is 22.2 Å². The molecule has 4 rings (SSSR count). The highest BCUT2D eigenvalue weighted by molar-refractivity contribution is 6.00. The van der Waals surface area contributed by atoms with E-state index in [1.807, 2.05) is 38.4 Å². The van der Waals surface area contributed by atoms with E-state index in [0.29, 0.717) is 16.6 Å². The smallest absolute Gasteiger partial charge is 0.262 e. The van der Waals surface area contributed by atoms with Crippen LogP contribution in [0.15, 0.2) is 12.1 Å².